The normalized spacial score (nSPS) is 14.4. The molecule has 2 N–H and O–H groups in total. The lowest BCUT2D eigenvalue weighted by Crippen LogP contribution is -2.16. The van der Waals surface area contributed by atoms with Gasteiger partial charge in [0.05, 0.1) is 0 Å². The Balaban J connectivity index is 1.75. The molecule has 2 aromatic heterocycles. The van der Waals surface area contributed by atoms with Crippen LogP contribution in [0.15, 0.2) is 28.3 Å². The van der Waals surface area contributed by atoms with E-state index >= 15 is 0 Å². The highest BCUT2D eigenvalue weighted by Gasteiger charge is 2.28. The van der Waals surface area contributed by atoms with Gasteiger partial charge in [0.1, 0.15) is 5.69 Å². The van der Waals surface area contributed by atoms with E-state index in [0.29, 0.717) is 10.9 Å². The number of carboxylic acid groups (broad SMARTS) is 1. The van der Waals surface area contributed by atoms with Gasteiger partial charge in [-0.2, -0.15) is 0 Å². The Morgan fingerprint density at radius 3 is 3.05 bits per heavy atom. The van der Waals surface area contributed by atoms with Crippen LogP contribution in [-0.4, -0.2) is 30.8 Å². The fourth-order valence-electron chi connectivity index (χ4n) is 1.88. The number of aromatic amines is 1. The van der Waals surface area contributed by atoms with Gasteiger partial charge in [-0.3, -0.25) is 4.57 Å². The number of carbonyl (C=O) groups is 1. The quantitative estimate of drug-likeness (QED) is 0.805. The number of thioether (sulfide) groups is 1. The lowest BCUT2D eigenvalue weighted by molar-refractivity contribution is 0.0690. The molecule has 0 amide bonds. The van der Waals surface area contributed by atoms with Gasteiger partial charge in [-0.25, -0.2) is 19.7 Å². The molecule has 2 heterocycles. The van der Waals surface area contributed by atoms with E-state index in [4.69, 9.17) is 5.11 Å². The molecule has 7 nitrogen and oxygen atoms in total. The Labute approximate surface area is 118 Å². The molecule has 1 aliphatic rings. The van der Waals surface area contributed by atoms with Gasteiger partial charge >= 0.3 is 11.7 Å². The highest BCUT2D eigenvalue weighted by atomic mass is 32.2. The van der Waals surface area contributed by atoms with Crippen LogP contribution in [0.1, 0.15) is 34.9 Å². The Bertz CT molecular complexity index is 705. The molecule has 1 fully saturated rings. The van der Waals surface area contributed by atoms with Crippen LogP contribution in [0.5, 0.6) is 0 Å². The Morgan fingerprint density at radius 2 is 2.35 bits per heavy atom. The molecule has 0 spiro atoms. The van der Waals surface area contributed by atoms with Crippen molar-refractivity contribution in [1.29, 1.82) is 0 Å². The number of rotatable bonds is 5. The number of H-pyrrole nitrogens is 1. The third-order valence-electron chi connectivity index (χ3n) is 3.00. The maximum absolute atomic E-state index is 11.6. The van der Waals surface area contributed by atoms with E-state index in [1.54, 1.807) is 10.6 Å². The van der Waals surface area contributed by atoms with E-state index in [9.17, 15) is 9.59 Å². The van der Waals surface area contributed by atoms with Gasteiger partial charge in [-0.15, -0.1) is 5.10 Å². The standard InChI is InChI=1S/C12H12N4O3S/c17-10(18)9-5-7(3-4-13-9)6-20-12-15-14-11(19)16(12)8-1-2-8/h3-5,8H,1-2,6H2,(H,14,19)(H,17,18). The number of pyridine rings is 1. The van der Waals surface area contributed by atoms with Crippen LogP contribution >= 0.6 is 11.8 Å². The zero-order valence-corrected chi connectivity index (χ0v) is 11.3. The molecule has 8 heteroatoms. The molecule has 0 aromatic carbocycles. The van der Waals surface area contributed by atoms with Crippen LogP contribution in [0, 0.1) is 0 Å². The van der Waals surface area contributed by atoms with Crippen molar-refractivity contribution in [3.05, 3.63) is 40.1 Å². The third-order valence-corrected chi connectivity index (χ3v) is 4.02. The minimum absolute atomic E-state index is 0.0183. The van der Waals surface area contributed by atoms with E-state index in [1.165, 1.54) is 24.0 Å². The average Bonchev–Trinajstić information content (AvgIpc) is 3.20. The molecule has 20 heavy (non-hydrogen) atoms. The van der Waals surface area contributed by atoms with Gasteiger partial charge in [0.15, 0.2) is 5.16 Å². The molecule has 0 saturated heterocycles. The van der Waals surface area contributed by atoms with E-state index in [0.717, 1.165) is 18.4 Å². The molecule has 0 unspecified atom stereocenters. The topological polar surface area (TPSA) is 101 Å². The monoisotopic (exact) mass is 292 g/mol. The van der Waals surface area contributed by atoms with Crippen molar-refractivity contribution in [1.82, 2.24) is 19.7 Å². The molecule has 0 atom stereocenters. The van der Waals surface area contributed by atoms with Crippen molar-refractivity contribution in [2.45, 2.75) is 29.8 Å². The fraction of sp³-hybridized carbons (Fsp3) is 0.333. The van der Waals surface area contributed by atoms with Gasteiger partial charge in [-0.05, 0) is 30.5 Å². The van der Waals surface area contributed by atoms with Crippen LogP contribution in [0.25, 0.3) is 0 Å². The van der Waals surface area contributed by atoms with Gasteiger partial charge < -0.3 is 5.11 Å². The summed E-state index contributed by atoms with van der Waals surface area (Å²) in [6.45, 7) is 0. The summed E-state index contributed by atoms with van der Waals surface area (Å²) in [5.41, 5.74) is 0.667. The molecule has 104 valence electrons. The number of hydrogen-bond acceptors (Lipinski definition) is 5. The van der Waals surface area contributed by atoms with Crippen LogP contribution in [0.2, 0.25) is 0 Å². The van der Waals surface area contributed by atoms with Crippen LogP contribution in [0.4, 0.5) is 0 Å². The number of carboxylic acids is 1. The minimum atomic E-state index is -1.05. The van der Waals surface area contributed by atoms with Crippen molar-refractivity contribution in [2.24, 2.45) is 0 Å². The lowest BCUT2D eigenvalue weighted by atomic mass is 10.2. The van der Waals surface area contributed by atoms with Crippen molar-refractivity contribution >= 4 is 17.7 Å². The molecule has 2 aromatic rings. The van der Waals surface area contributed by atoms with E-state index in [1.807, 2.05) is 0 Å². The summed E-state index contributed by atoms with van der Waals surface area (Å²) in [6.07, 6.45) is 3.48. The van der Waals surface area contributed by atoms with Crippen molar-refractivity contribution in [2.75, 3.05) is 0 Å². The predicted octanol–water partition coefficient (Wildman–Crippen LogP) is 1.29. The zero-order chi connectivity index (χ0) is 14.1. The first-order chi connectivity index (χ1) is 9.65. The fourth-order valence-corrected chi connectivity index (χ4v) is 2.83. The largest absolute Gasteiger partial charge is 0.477 e. The summed E-state index contributed by atoms with van der Waals surface area (Å²) >= 11 is 1.41. The van der Waals surface area contributed by atoms with Crippen LogP contribution in [0.3, 0.4) is 0 Å². The smallest absolute Gasteiger partial charge is 0.354 e. The molecule has 0 aliphatic heterocycles. The highest BCUT2D eigenvalue weighted by molar-refractivity contribution is 7.98. The average molecular weight is 292 g/mol. The van der Waals surface area contributed by atoms with E-state index in [-0.39, 0.29) is 17.4 Å². The third kappa shape index (κ3) is 2.60. The van der Waals surface area contributed by atoms with Crippen LogP contribution < -0.4 is 5.69 Å². The first-order valence-electron chi connectivity index (χ1n) is 6.13. The maximum Gasteiger partial charge on any atom is 0.354 e. The molecule has 0 bridgehead atoms. The first-order valence-corrected chi connectivity index (χ1v) is 7.11. The minimum Gasteiger partial charge on any atom is -0.477 e. The Kier molecular flexibility index (Phi) is 3.31. The van der Waals surface area contributed by atoms with Gasteiger partial charge in [0, 0.05) is 18.0 Å². The molecule has 0 radical (unpaired) electrons. The second-order valence-electron chi connectivity index (χ2n) is 4.56. The Hall–Kier alpha value is -2.09. The highest BCUT2D eigenvalue weighted by Crippen LogP contribution is 2.36. The number of aromatic carboxylic acids is 1. The zero-order valence-electron chi connectivity index (χ0n) is 10.4. The number of hydrogen-bond donors (Lipinski definition) is 2. The summed E-state index contributed by atoms with van der Waals surface area (Å²) < 4.78 is 1.67. The lowest BCUT2D eigenvalue weighted by Gasteiger charge is -2.04. The summed E-state index contributed by atoms with van der Waals surface area (Å²) in [5, 5.41) is 16.0. The summed E-state index contributed by atoms with van der Waals surface area (Å²) in [4.78, 5) is 26.2. The van der Waals surface area contributed by atoms with E-state index < -0.39 is 5.97 Å². The molecule has 1 aliphatic carbocycles. The van der Waals surface area contributed by atoms with Gasteiger partial charge in [0.25, 0.3) is 0 Å². The SMILES string of the molecule is O=C(O)c1cc(CSc2n[nH]c(=O)n2C2CC2)ccn1. The maximum atomic E-state index is 11.6. The second-order valence-corrected chi connectivity index (χ2v) is 5.50. The number of aromatic nitrogens is 4. The van der Waals surface area contributed by atoms with Gasteiger partial charge in [0.2, 0.25) is 0 Å². The number of nitrogens with one attached hydrogen (secondary N) is 1. The van der Waals surface area contributed by atoms with Crippen molar-refractivity contribution < 1.29 is 9.90 Å². The number of nitrogens with zero attached hydrogens (tertiary/aromatic N) is 3. The van der Waals surface area contributed by atoms with Gasteiger partial charge in [-0.1, -0.05) is 11.8 Å². The summed E-state index contributed by atoms with van der Waals surface area (Å²) in [6, 6.07) is 3.54. The molecular weight excluding hydrogens is 280 g/mol. The second kappa shape index (κ2) is 5.12. The predicted molar refractivity (Wildman–Crippen MR) is 71.9 cm³/mol. The molecular formula is C12H12N4O3S. The first kappa shape index (κ1) is 12.9. The summed E-state index contributed by atoms with van der Waals surface area (Å²) in [5.74, 6) is -0.508. The van der Waals surface area contributed by atoms with Crippen molar-refractivity contribution in [3.8, 4) is 0 Å². The molecule has 3 rings (SSSR count). The van der Waals surface area contributed by atoms with Crippen LogP contribution in [-0.2, 0) is 5.75 Å². The van der Waals surface area contributed by atoms with E-state index in [2.05, 4.69) is 15.2 Å². The summed E-state index contributed by atoms with van der Waals surface area (Å²) in [7, 11) is 0. The van der Waals surface area contributed by atoms with Crippen molar-refractivity contribution in [3.63, 3.8) is 0 Å². The Morgan fingerprint density at radius 1 is 1.55 bits per heavy atom. The molecule has 1 saturated carbocycles.